The zero-order valence-corrected chi connectivity index (χ0v) is 19.6. The molecule has 3 amide bonds. The lowest BCUT2D eigenvalue weighted by molar-refractivity contribution is -0.125. The number of hydrogen-bond donors (Lipinski definition) is 2. The van der Waals surface area contributed by atoms with Crippen LogP contribution >= 0.6 is 27.3 Å². The number of nitrogens with one attached hydrogen (secondary N) is 2. The smallest absolute Gasteiger partial charge is 0.262 e. The van der Waals surface area contributed by atoms with Gasteiger partial charge in [-0.15, -0.1) is 11.3 Å². The van der Waals surface area contributed by atoms with Crippen molar-refractivity contribution in [3.8, 4) is 0 Å². The molecule has 0 spiro atoms. The molecule has 2 aromatic rings. The Kier molecular flexibility index (Phi) is 6.45. The second kappa shape index (κ2) is 9.10. The molecule has 2 heterocycles. The highest BCUT2D eigenvalue weighted by atomic mass is 79.9. The zero-order chi connectivity index (χ0) is 22.0. The summed E-state index contributed by atoms with van der Waals surface area (Å²) in [7, 11) is 0. The summed E-state index contributed by atoms with van der Waals surface area (Å²) in [4.78, 5) is 40.4. The third-order valence-corrected chi connectivity index (χ3v) is 7.40. The molecule has 0 radical (unpaired) electrons. The lowest BCUT2D eigenvalue weighted by atomic mass is 9.95. The molecule has 4 rings (SSSR count). The van der Waals surface area contributed by atoms with Crippen molar-refractivity contribution in [2.24, 2.45) is 0 Å². The van der Waals surface area contributed by atoms with E-state index in [0.29, 0.717) is 36.6 Å². The Bertz CT molecular complexity index is 1020. The largest absolute Gasteiger partial charge is 0.370 e. The van der Waals surface area contributed by atoms with Crippen LogP contribution in [0.5, 0.6) is 0 Å². The minimum absolute atomic E-state index is 0.0704. The zero-order valence-electron chi connectivity index (χ0n) is 17.2. The van der Waals surface area contributed by atoms with Gasteiger partial charge in [0.2, 0.25) is 5.91 Å². The number of thiophene rings is 1. The molecule has 2 N–H and O–H groups in total. The van der Waals surface area contributed by atoms with Crippen LogP contribution in [0.1, 0.15) is 40.9 Å². The van der Waals surface area contributed by atoms with Crippen LogP contribution < -0.4 is 15.5 Å². The number of nitrogens with zero attached hydrogens (tertiary/aromatic N) is 1. The molecule has 1 saturated heterocycles. The molecule has 2 aliphatic rings. The molecule has 0 unspecified atom stereocenters. The number of carbonyl (C=O) groups is 3. The van der Waals surface area contributed by atoms with E-state index in [1.807, 2.05) is 25.1 Å². The molecule has 1 aliphatic carbocycles. The first-order valence-corrected chi connectivity index (χ1v) is 11.9. The van der Waals surface area contributed by atoms with Crippen LogP contribution in [0.4, 0.5) is 11.4 Å². The van der Waals surface area contributed by atoms with Crippen molar-refractivity contribution in [2.75, 3.05) is 30.0 Å². The van der Waals surface area contributed by atoms with Gasteiger partial charge in [-0.3, -0.25) is 14.4 Å². The number of amides is 3. The lowest BCUT2D eigenvalue weighted by Gasteiger charge is -2.30. The van der Waals surface area contributed by atoms with Crippen LogP contribution in [-0.2, 0) is 14.3 Å². The van der Waals surface area contributed by atoms with Gasteiger partial charge >= 0.3 is 0 Å². The first-order chi connectivity index (χ1) is 14.9. The summed E-state index contributed by atoms with van der Waals surface area (Å²) < 4.78 is 6.07. The number of carbonyl (C=O) groups excluding carboxylic acids is 3. The summed E-state index contributed by atoms with van der Waals surface area (Å²) >= 11 is 4.72. The highest BCUT2D eigenvalue weighted by Crippen LogP contribution is 2.33. The van der Waals surface area contributed by atoms with Crippen molar-refractivity contribution in [3.05, 3.63) is 44.6 Å². The van der Waals surface area contributed by atoms with Crippen molar-refractivity contribution in [1.29, 1.82) is 0 Å². The minimum atomic E-state index is -0.916. The van der Waals surface area contributed by atoms with Crippen molar-refractivity contribution >= 4 is 56.4 Å². The van der Waals surface area contributed by atoms with Crippen molar-refractivity contribution < 1.29 is 19.1 Å². The van der Waals surface area contributed by atoms with Crippen LogP contribution in [0.15, 0.2) is 34.1 Å². The maximum absolute atomic E-state index is 13.2. The molecule has 0 atom stereocenters. The van der Waals surface area contributed by atoms with Crippen molar-refractivity contribution in [2.45, 2.75) is 38.1 Å². The second-order valence-corrected chi connectivity index (χ2v) is 10.4. The molecular formula is C22H24BrN3O4S. The van der Waals surface area contributed by atoms with Gasteiger partial charge in [0.1, 0.15) is 12.1 Å². The summed E-state index contributed by atoms with van der Waals surface area (Å²) in [6, 6.07) is 9.07. The standard InChI is InChI=1S/C22H24BrN3O4S/c1-14-12-15(4-5-16(14)26-10-11-30-13-19(26)27)24-21(29)22(8-2-3-9-22)25-20(28)17-6-7-18(23)31-17/h4-7,12H,2-3,8-11,13H2,1H3,(H,24,29)(H,25,28). The molecule has 7 nitrogen and oxygen atoms in total. The average Bonchev–Trinajstić information content (AvgIpc) is 3.39. The number of aryl methyl sites for hydroxylation is 1. The summed E-state index contributed by atoms with van der Waals surface area (Å²) in [5, 5.41) is 5.98. The number of ether oxygens (including phenoxy) is 1. The Morgan fingerprint density at radius 2 is 1.97 bits per heavy atom. The van der Waals surface area contributed by atoms with E-state index in [2.05, 4.69) is 26.6 Å². The van der Waals surface area contributed by atoms with Gasteiger partial charge in [-0.1, -0.05) is 12.8 Å². The highest BCUT2D eigenvalue weighted by molar-refractivity contribution is 9.11. The van der Waals surface area contributed by atoms with Crippen molar-refractivity contribution in [3.63, 3.8) is 0 Å². The van der Waals surface area contributed by atoms with Gasteiger partial charge in [0, 0.05) is 17.9 Å². The van der Waals surface area contributed by atoms with Gasteiger partial charge in [-0.25, -0.2) is 0 Å². The average molecular weight is 506 g/mol. The first kappa shape index (κ1) is 22.0. The van der Waals surface area contributed by atoms with Crippen LogP contribution in [0.25, 0.3) is 0 Å². The third kappa shape index (κ3) is 4.68. The molecule has 31 heavy (non-hydrogen) atoms. The number of hydrogen-bond acceptors (Lipinski definition) is 5. The van der Waals surface area contributed by atoms with Crippen LogP contribution in [0.3, 0.4) is 0 Å². The van der Waals surface area contributed by atoms with E-state index in [4.69, 9.17) is 4.74 Å². The Balaban J connectivity index is 1.49. The third-order valence-electron chi connectivity index (χ3n) is 5.77. The molecular weight excluding hydrogens is 482 g/mol. The van der Waals surface area contributed by atoms with E-state index < -0.39 is 5.54 Å². The SMILES string of the molecule is Cc1cc(NC(=O)C2(NC(=O)c3ccc(Br)s3)CCCC2)ccc1N1CCOCC1=O. The number of morpholine rings is 1. The monoisotopic (exact) mass is 505 g/mol. The van der Waals surface area contributed by atoms with E-state index in [9.17, 15) is 14.4 Å². The van der Waals surface area contributed by atoms with E-state index in [0.717, 1.165) is 27.9 Å². The Labute approximate surface area is 193 Å². The van der Waals surface area contributed by atoms with Gasteiger partial charge in [-0.05, 0) is 71.6 Å². The molecule has 1 aromatic carbocycles. The van der Waals surface area contributed by atoms with E-state index >= 15 is 0 Å². The number of rotatable bonds is 5. The molecule has 2 fully saturated rings. The van der Waals surface area contributed by atoms with Gasteiger partial charge in [-0.2, -0.15) is 0 Å². The summed E-state index contributed by atoms with van der Waals surface area (Å²) in [5.74, 6) is -0.507. The Hall–Kier alpha value is -2.23. The van der Waals surface area contributed by atoms with Crippen LogP contribution in [-0.4, -0.2) is 43.0 Å². The number of halogens is 1. The Morgan fingerprint density at radius 3 is 2.61 bits per heavy atom. The van der Waals surface area contributed by atoms with Gasteiger partial charge < -0.3 is 20.3 Å². The molecule has 1 saturated carbocycles. The summed E-state index contributed by atoms with van der Waals surface area (Å²) in [5.41, 5.74) is 1.44. The fraction of sp³-hybridized carbons (Fsp3) is 0.409. The van der Waals surface area contributed by atoms with Crippen LogP contribution in [0.2, 0.25) is 0 Å². The first-order valence-electron chi connectivity index (χ1n) is 10.3. The normalized spacial score (nSPS) is 18.1. The lowest BCUT2D eigenvalue weighted by Crippen LogP contribution is -2.54. The quantitative estimate of drug-likeness (QED) is 0.645. The van der Waals surface area contributed by atoms with Gasteiger partial charge in [0.15, 0.2) is 0 Å². The summed E-state index contributed by atoms with van der Waals surface area (Å²) in [6.07, 6.45) is 2.99. The maximum atomic E-state index is 13.2. The maximum Gasteiger partial charge on any atom is 0.262 e. The van der Waals surface area contributed by atoms with E-state index in [-0.39, 0.29) is 24.3 Å². The molecule has 164 valence electrons. The molecule has 9 heteroatoms. The minimum Gasteiger partial charge on any atom is -0.370 e. The predicted molar refractivity (Wildman–Crippen MR) is 124 cm³/mol. The number of benzene rings is 1. The van der Waals surface area contributed by atoms with Gasteiger partial charge in [0.25, 0.3) is 11.8 Å². The van der Waals surface area contributed by atoms with Crippen molar-refractivity contribution in [1.82, 2.24) is 5.32 Å². The fourth-order valence-corrected chi connectivity index (χ4v) is 5.44. The Morgan fingerprint density at radius 1 is 1.19 bits per heavy atom. The number of anilines is 2. The molecule has 1 aromatic heterocycles. The van der Waals surface area contributed by atoms with Gasteiger partial charge in [0.05, 0.1) is 15.3 Å². The topological polar surface area (TPSA) is 87.7 Å². The predicted octanol–water partition coefficient (Wildman–Crippen LogP) is 3.86. The van der Waals surface area contributed by atoms with E-state index in [1.54, 1.807) is 17.0 Å². The van der Waals surface area contributed by atoms with Crippen LogP contribution in [0, 0.1) is 6.92 Å². The second-order valence-electron chi connectivity index (χ2n) is 7.90. The summed E-state index contributed by atoms with van der Waals surface area (Å²) in [6.45, 7) is 3.02. The fourth-order valence-electron chi connectivity index (χ4n) is 4.16. The molecule has 1 aliphatic heterocycles. The highest BCUT2D eigenvalue weighted by Gasteiger charge is 2.42. The molecule has 0 bridgehead atoms. The van der Waals surface area contributed by atoms with E-state index in [1.165, 1.54) is 11.3 Å².